The highest BCUT2D eigenvalue weighted by molar-refractivity contribution is 14.1. The number of halogens is 3. The monoisotopic (exact) mass is 522 g/mol. The van der Waals surface area contributed by atoms with E-state index in [0.717, 1.165) is 0 Å². The molecule has 0 spiro atoms. The van der Waals surface area contributed by atoms with Gasteiger partial charge >= 0.3 is 23.8 Å². The summed E-state index contributed by atoms with van der Waals surface area (Å²) in [7, 11) is 0. The normalized spacial score (nSPS) is 32.2. The molecule has 4 rings (SSSR count). The van der Waals surface area contributed by atoms with E-state index < -0.39 is 53.8 Å². The molecule has 1 heterocycles. The predicted octanol–water partition coefficient (Wildman–Crippen LogP) is 2.59. The predicted molar refractivity (Wildman–Crippen MR) is 100 cm³/mol. The number of rotatable bonds is 4. The molecule has 0 amide bonds. The number of aromatic hydroxyl groups is 1. The van der Waals surface area contributed by atoms with Gasteiger partial charge in [0, 0.05) is 18.8 Å². The zero-order chi connectivity index (χ0) is 21.2. The van der Waals surface area contributed by atoms with Crippen molar-refractivity contribution in [3.8, 4) is 11.5 Å². The van der Waals surface area contributed by atoms with Crippen LogP contribution in [0.2, 0.25) is 0 Å². The van der Waals surface area contributed by atoms with Crippen molar-refractivity contribution in [1.82, 2.24) is 0 Å². The molecule has 2 bridgehead atoms. The molecule has 10 heteroatoms. The van der Waals surface area contributed by atoms with Crippen LogP contribution in [0.1, 0.15) is 18.9 Å². The van der Waals surface area contributed by atoms with Crippen LogP contribution in [0.3, 0.4) is 0 Å². The summed E-state index contributed by atoms with van der Waals surface area (Å²) in [4.78, 5) is 36.9. The lowest BCUT2D eigenvalue weighted by Gasteiger charge is -2.30. The Morgan fingerprint density at radius 2 is 2.00 bits per heavy atom. The molecule has 1 aromatic rings. The number of hydrogen-bond acceptors (Lipinski definition) is 7. The molecular weight excluding hydrogens is 505 g/mol. The minimum atomic E-state index is -3.69. The Labute approximate surface area is 177 Å². The number of carbonyl (C=O) groups excluding carboxylic acids is 3. The lowest BCUT2D eigenvalue weighted by Crippen LogP contribution is -2.46. The number of carbonyl (C=O) groups is 3. The Balaban J connectivity index is 1.58. The first-order valence-corrected chi connectivity index (χ1v) is 10.1. The van der Waals surface area contributed by atoms with E-state index >= 15 is 0 Å². The van der Waals surface area contributed by atoms with Crippen LogP contribution < -0.4 is 4.74 Å². The quantitative estimate of drug-likeness (QED) is 0.369. The van der Waals surface area contributed by atoms with Crippen molar-refractivity contribution in [2.24, 2.45) is 23.7 Å². The molecule has 1 aliphatic heterocycles. The number of esters is 3. The highest BCUT2D eigenvalue weighted by Gasteiger charge is 2.70. The summed E-state index contributed by atoms with van der Waals surface area (Å²) in [5.41, 5.74) is 0.505. The second kappa shape index (κ2) is 6.78. The van der Waals surface area contributed by atoms with Gasteiger partial charge in [0.05, 0.1) is 15.4 Å². The van der Waals surface area contributed by atoms with Crippen molar-refractivity contribution in [3.63, 3.8) is 0 Å². The molecular formula is C19H17F2IO7. The van der Waals surface area contributed by atoms with Gasteiger partial charge in [0.1, 0.15) is 23.7 Å². The maximum Gasteiger partial charge on any atom is 0.377 e. The van der Waals surface area contributed by atoms with Crippen LogP contribution in [-0.2, 0) is 23.9 Å². The summed E-state index contributed by atoms with van der Waals surface area (Å²) in [5, 5.41) is 9.85. The van der Waals surface area contributed by atoms with E-state index in [-0.39, 0.29) is 17.4 Å². The van der Waals surface area contributed by atoms with Crippen molar-refractivity contribution in [3.05, 3.63) is 21.3 Å². The van der Waals surface area contributed by atoms with E-state index in [0.29, 0.717) is 22.5 Å². The lowest BCUT2D eigenvalue weighted by atomic mass is 9.78. The van der Waals surface area contributed by atoms with Crippen LogP contribution in [0.4, 0.5) is 8.78 Å². The number of hydrogen-bond donors (Lipinski definition) is 1. The molecule has 1 N–H and O–H groups in total. The highest BCUT2D eigenvalue weighted by atomic mass is 127. The third-order valence-electron chi connectivity index (χ3n) is 5.87. The van der Waals surface area contributed by atoms with Crippen molar-refractivity contribution in [2.45, 2.75) is 38.4 Å². The summed E-state index contributed by atoms with van der Waals surface area (Å²) in [6.07, 6.45) is -1.58. The first-order valence-electron chi connectivity index (χ1n) is 8.99. The molecule has 2 saturated carbocycles. The second-order valence-electron chi connectivity index (χ2n) is 7.77. The maximum atomic E-state index is 13.3. The fourth-order valence-corrected chi connectivity index (χ4v) is 5.38. The van der Waals surface area contributed by atoms with E-state index in [1.807, 2.05) is 22.6 Å². The maximum absolute atomic E-state index is 13.3. The number of ether oxygens (including phenoxy) is 3. The van der Waals surface area contributed by atoms with Gasteiger partial charge in [-0.2, -0.15) is 8.78 Å². The van der Waals surface area contributed by atoms with Crippen LogP contribution in [0.5, 0.6) is 11.5 Å². The van der Waals surface area contributed by atoms with E-state index in [1.165, 1.54) is 12.1 Å². The molecule has 29 heavy (non-hydrogen) atoms. The molecule has 3 aliphatic rings. The van der Waals surface area contributed by atoms with Gasteiger partial charge in [-0.1, -0.05) is 0 Å². The number of benzene rings is 1. The topological polar surface area (TPSA) is 99.1 Å². The van der Waals surface area contributed by atoms with Gasteiger partial charge in [-0.25, -0.2) is 4.79 Å². The molecule has 0 aromatic heterocycles. The molecule has 0 radical (unpaired) electrons. The number of phenolic OH excluding ortho intramolecular Hbond substituents is 1. The van der Waals surface area contributed by atoms with E-state index in [9.17, 15) is 28.3 Å². The zero-order valence-electron chi connectivity index (χ0n) is 15.4. The first kappa shape index (κ1) is 20.3. The third kappa shape index (κ3) is 3.24. The van der Waals surface area contributed by atoms with Gasteiger partial charge in [0.15, 0.2) is 0 Å². The number of fused-ring (bicyclic) bond motifs is 1. The van der Waals surface area contributed by atoms with Crippen LogP contribution in [0.15, 0.2) is 12.1 Å². The summed E-state index contributed by atoms with van der Waals surface area (Å²) in [5.74, 6) is -9.20. The van der Waals surface area contributed by atoms with Crippen LogP contribution in [0, 0.1) is 34.2 Å². The van der Waals surface area contributed by atoms with Gasteiger partial charge in [0.2, 0.25) is 0 Å². The SMILES string of the molecule is Cc1cc(OC(=O)C2C3CC4C(OC(=O)C42)C3OC(=O)C(C)(F)F)cc(I)c1O. The van der Waals surface area contributed by atoms with Crippen molar-refractivity contribution >= 4 is 40.5 Å². The van der Waals surface area contributed by atoms with E-state index in [4.69, 9.17) is 14.2 Å². The summed E-state index contributed by atoms with van der Waals surface area (Å²) in [6.45, 7) is 2.07. The molecule has 1 saturated heterocycles. The largest absolute Gasteiger partial charge is 0.507 e. The summed E-state index contributed by atoms with van der Waals surface area (Å²) >= 11 is 1.89. The van der Waals surface area contributed by atoms with Crippen molar-refractivity contribution in [2.75, 3.05) is 0 Å². The number of aryl methyl sites for hydroxylation is 1. The Morgan fingerprint density at radius 3 is 2.62 bits per heavy atom. The average Bonchev–Trinajstić information content (AvgIpc) is 3.22. The minimum Gasteiger partial charge on any atom is -0.507 e. The fourth-order valence-electron chi connectivity index (χ4n) is 4.64. The molecule has 156 valence electrons. The average molecular weight is 522 g/mol. The van der Waals surface area contributed by atoms with Crippen molar-refractivity contribution < 1.29 is 42.5 Å². The molecule has 3 fully saturated rings. The Kier molecular flexibility index (Phi) is 4.74. The minimum absolute atomic E-state index is 0.0694. The van der Waals surface area contributed by atoms with Gasteiger partial charge in [-0.3, -0.25) is 9.59 Å². The smallest absolute Gasteiger partial charge is 0.377 e. The number of phenols is 1. The summed E-state index contributed by atoms with van der Waals surface area (Å²) in [6, 6.07) is 2.95. The first-order chi connectivity index (χ1) is 13.5. The zero-order valence-corrected chi connectivity index (χ0v) is 17.5. The van der Waals surface area contributed by atoms with Gasteiger partial charge in [-0.05, 0) is 53.6 Å². The fraction of sp³-hybridized carbons (Fsp3) is 0.526. The van der Waals surface area contributed by atoms with E-state index in [2.05, 4.69) is 0 Å². The second-order valence-corrected chi connectivity index (χ2v) is 8.93. The summed E-state index contributed by atoms with van der Waals surface area (Å²) < 4.78 is 42.7. The Hall–Kier alpha value is -1.98. The van der Waals surface area contributed by atoms with Crippen LogP contribution in [-0.4, -0.2) is 41.1 Å². The standard InChI is InChI=1S/C19H17F2IO7/c1-6-3-7(4-10(22)13(6)23)27-16(24)11-9-5-8-12(11)17(25)28-14(8)15(9)29-18(26)19(2,20)21/h3-4,8-9,11-12,14-15,23H,5H2,1-2H3. The Morgan fingerprint density at radius 1 is 1.31 bits per heavy atom. The van der Waals surface area contributed by atoms with Crippen molar-refractivity contribution in [1.29, 1.82) is 0 Å². The van der Waals surface area contributed by atoms with Crippen LogP contribution in [0.25, 0.3) is 0 Å². The molecule has 6 unspecified atom stereocenters. The molecule has 6 atom stereocenters. The van der Waals surface area contributed by atoms with Crippen LogP contribution >= 0.6 is 22.6 Å². The van der Waals surface area contributed by atoms with E-state index in [1.54, 1.807) is 6.92 Å². The highest BCUT2D eigenvalue weighted by Crippen LogP contribution is 2.59. The molecule has 7 nitrogen and oxygen atoms in total. The van der Waals surface area contributed by atoms with Gasteiger partial charge < -0.3 is 19.3 Å². The van der Waals surface area contributed by atoms with Gasteiger partial charge in [-0.15, -0.1) is 0 Å². The molecule has 2 aliphatic carbocycles. The third-order valence-corrected chi connectivity index (χ3v) is 6.69. The lowest BCUT2D eigenvalue weighted by molar-refractivity contribution is -0.185. The molecule has 1 aromatic carbocycles. The Bertz CT molecular complexity index is 889. The number of alkyl halides is 2. The van der Waals surface area contributed by atoms with Gasteiger partial charge in [0.25, 0.3) is 0 Å².